The largest absolute Gasteiger partial charge is 0.417 e. The number of nitrogens with two attached hydrogens (primary N) is 2. The van der Waals surface area contributed by atoms with Gasteiger partial charge in [-0.05, 0) is 36.2 Å². The van der Waals surface area contributed by atoms with E-state index in [1.165, 1.54) is 12.4 Å². The second-order valence-corrected chi connectivity index (χ2v) is 6.17. The fourth-order valence-electron chi connectivity index (χ4n) is 2.92. The van der Waals surface area contributed by atoms with Crippen LogP contribution in [0.4, 0.5) is 24.5 Å². The number of rotatable bonds is 6. The average Bonchev–Trinajstić information content (AvgIpc) is 3.10. The molecule has 0 unspecified atom stereocenters. The Balaban J connectivity index is 1.85. The van der Waals surface area contributed by atoms with E-state index in [9.17, 15) is 13.2 Å². The molecule has 3 aromatic rings. The van der Waals surface area contributed by atoms with Crippen LogP contribution in [0.1, 0.15) is 23.9 Å². The number of aromatic nitrogens is 3. The smallest absolute Gasteiger partial charge is 0.397 e. The lowest BCUT2D eigenvalue weighted by atomic mass is 9.95. The normalized spacial score (nSPS) is 11.7. The number of nitrogen functional groups attached to an aromatic ring is 2. The van der Waals surface area contributed by atoms with E-state index in [2.05, 4.69) is 10.1 Å². The van der Waals surface area contributed by atoms with Crippen molar-refractivity contribution in [3.63, 3.8) is 0 Å². The topological polar surface area (TPSA) is 92.0 Å². The third-order valence-corrected chi connectivity index (χ3v) is 4.30. The van der Waals surface area contributed by atoms with Gasteiger partial charge in [-0.15, -0.1) is 0 Å². The minimum Gasteiger partial charge on any atom is -0.397 e. The van der Waals surface area contributed by atoms with Crippen LogP contribution in [0, 0.1) is 0 Å². The lowest BCUT2D eigenvalue weighted by molar-refractivity contribution is -0.137. The molecule has 0 spiro atoms. The van der Waals surface area contributed by atoms with Crippen molar-refractivity contribution < 1.29 is 17.9 Å². The summed E-state index contributed by atoms with van der Waals surface area (Å²) in [6.07, 6.45) is -3.10. The van der Waals surface area contributed by atoms with Crippen LogP contribution >= 0.6 is 0 Å². The van der Waals surface area contributed by atoms with Gasteiger partial charge >= 0.3 is 6.18 Å². The van der Waals surface area contributed by atoms with Gasteiger partial charge in [0, 0.05) is 12.1 Å². The van der Waals surface area contributed by atoms with E-state index in [1.807, 2.05) is 6.92 Å². The Bertz CT molecular complexity index is 968. The van der Waals surface area contributed by atoms with Gasteiger partial charge in [0.2, 0.25) is 0 Å². The standard InChI is InChI=1S/C19H20F3N5O/c1-2-27-16(25-11-26-27)10-28-9-12-4-3-5-13(8-12)17-14(19(20,21)22)6-7-15(23)18(17)24/h3-8,11H,2,9-10,23-24H2,1H3. The van der Waals surface area contributed by atoms with Crippen molar-refractivity contribution in [2.24, 2.45) is 0 Å². The Labute approximate surface area is 159 Å². The molecule has 6 nitrogen and oxygen atoms in total. The first kappa shape index (κ1) is 19.7. The molecule has 0 atom stereocenters. The lowest BCUT2D eigenvalue weighted by Gasteiger charge is -2.17. The highest BCUT2D eigenvalue weighted by molar-refractivity contribution is 5.87. The summed E-state index contributed by atoms with van der Waals surface area (Å²) < 4.78 is 47.7. The summed E-state index contributed by atoms with van der Waals surface area (Å²) in [5, 5.41) is 4.06. The highest BCUT2D eigenvalue weighted by Gasteiger charge is 2.35. The van der Waals surface area contributed by atoms with Crippen LogP contribution in [0.5, 0.6) is 0 Å². The van der Waals surface area contributed by atoms with Crippen LogP contribution in [0.25, 0.3) is 11.1 Å². The van der Waals surface area contributed by atoms with Crippen LogP contribution in [0.15, 0.2) is 42.7 Å². The average molecular weight is 391 g/mol. The number of ether oxygens (including phenoxy) is 1. The molecule has 3 rings (SSSR count). The molecular weight excluding hydrogens is 371 g/mol. The molecule has 1 aromatic heterocycles. The van der Waals surface area contributed by atoms with Crippen molar-refractivity contribution >= 4 is 11.4 Å². The van der Waals surface area contributed by atoms with E-state index in [4.69, 9.17) is 16.2 Å². The summed E-state index contributed by atoms with van der Waals surface area (Å²) in [6.45, 7) is 3.05. The van der Waals surface area contributed by atoms with Crippen LogP contribution in [-0.2, 0) is 30.7 Å². The van der Waals surface area contributed by atoms with E-state index in [0.29, 0.717) is 23.5 Å². The van der Waals surface area contributed by atoms with Crippen molar-refractivity contribution in [2.75, 3.05) is 11.5 Å². The summed E-state index contributed by atoms with van der Waals surface area (Å²) in [7, 11) is 0. The van der Waals surface area contributed by atoms with Gasteiger partial charge in [-0.1, -0.05) is 18.2 Å². The predicted octanol–water partition coefficient (Wildman–Crippen LogP) is 3.87. The molecule has 1 heterocycles. The summed E-state index contributed by atoms with van der Waals surface area (Å²) >= 11 is 0. The highest BCUT2D eigenvalue weighted by atomic mass is 19.4. The van der Waals surface area contributed by atoms with Crippen LogP contribution < -0.4 is 11.5 Å². The maximum Gasteiger partial charge on any atom is 0.417 e. The number of anilines is 2. The Morgan fingerprint density at radius 2 is 1.89 bits per heavy atom. The first-order valence-electron chi connectivity index (χ1n) is 8.60. The van der Waals surface area contributed by atoms with Gasteiger partial charge in [0.15, 0.2) is 5.82 Å². The van der Waals surface area contributed by atoms with Crippen molar-refractivity contribution in [3.8, 4) is 11.1 Å². The first-order valence-corrected chi connectivity index (χ1v) is 8.60. The number of alkyl halides is 3. The Morgan fingerprint density at radius 1 is 1.11 bits per heavy atom. The molecule has 0 aliphatic carbocycles. The van der Waals surface area contributed by atoms with Crippen LogP contribution in [0.3, 0.4) is 0 Å². The molecule has 0 saturated heterocycles. The summed E-state index contributed by atoms with van der Waals surface area (Å²) in [6, 6.07) is 8.72. The second-order valence-electron chi connectivity index (χ2n) is 6.17. The molecule has 0 saturated carbocycles. The number of aryl methyl sites for hydroxylation is 1. The monoisotopic (exact) mass is 391 g/mol. The van der Waals surface area contributed by atoms with E-state index in [-0.39, 0.29) is 30.2 Å². The zero-order chi connectivity index (χ0) is 20.3. The van der Waals surface area contributed by atoms with Gasteiger partial charge in [-0.2, -0.15) is 18.3 Å². The maximum absolute atomic E-state index is 13.4. The molecule has 4 N–H and O–H groups in total. The summed E-state index contributed by atoms with van der Waals surface area (Å²) in [4.78, 5) is 4.11. The number of hydrogen-bond donors (Lipinski definition) is 2. The number of benzene rings is 2. The Morgan fingerprint density at radius 3 is 2.61 bits per heavy atom. The van der Waals surface area contributed by atoms with Crippen molar-refractivity contribution in [3.05, 3.63) is 59.7 Å². The van der Waals surface area contributed by atoms with Gasteiger partial charge < -0.3 is 16.2 Å². The van der Waals surface area contributed by atoms with Gasteiger partial charge in [-0.25, -0.2) is 9.67 Å². The fourth-order valence-corrected chi connectivity index (χ4v) is 2.92. The Kier molecular flexibility index (Phi) is 5.55. The van der Waals surface area contributed by atoms with Gasteiger partial charge in [0.05, 0.1) is 23.5 Å². The molecule has 28 heavy (non-hydrogen) atoms. The molecule has 0 amide bonds. The molecule has 0 bridgehead atoms. The third kappa shape index (κ3) is 4.09. The van der Waals surface area contributed by atoms with E-state index < -0.39 is 11.7 Å². The lowest BCUT2D eigenvalue weighted by Crippen LogP contribution is -2.10. The van der Waals surface area contributed by atoms with Crippen LogP contribution in [-0.4, -0.2) is 14.8 Å². The number of hydrogen-bond acceptors (Lipinski definition) is 5. The SMILES string of the molecule is CCn1ncnc1COCc1cccc(-c2c(C(F)(F)F)ccc(N)c2N)c1. The molecule has 148 valence electrons. The molecule has 0 aliphatic heterocycles. The van der Waals surface area contributed by atoms with Gasteiger partial charge in [0.25, 0.3) is 0 Å². The fraction of sp³-hybridized carbons (Fsp3) is 0.263. The van der Waals surface area contributed by atoms with Crippen molar-refractivity contribution in [1.29, 1.82) is 0 Å². The molecule has 0 fully saturated rings. The van der Waals surface area contributed by atoms with Crippen molar-refractivity contribution in [1.82, 2.24) is 14.8 Å². The number of halogens is 3. The third-order valence-electron chi connectivity index (χ3n) is 4.30. The van der Waals surface area contributed by atoms with Gasteiger partial charge in [0.1, 0.15) is 12.9 Å². The Hall–Kier alpha value is -3.07. The zero-order valence-corrected chi connectivity index (χ0v) is 15.2. The molecule has 9 heteroatoms. The first-order chi connectivity index (χ1) is 13.3. The number of nitrogens with zero attached hydrogens (tertiary/aromatic N) is 3. The molecule has 2 aromatic carbocycles. The molecule has 0 radical (unpaired) electrons. The van der Waals surface area contributed by atoms with Crippen molar-refractivity contribution in [2.45, 2.75) is 32.9 Å². The summed E-state index contributed by atoms with van der Waals surface area (Å²) in [5.41, 5.74) is 11.7. The highest BCUT2D eigenvalue weighted by Crippen LogP contribution is 2.42. The summed E-state index contributed by atoms with van der Waals surface area (Å²) in [5.74, 6) is 0.679. The molecule has 0 aliphatic rings. The quantitative estimate of drug-likeness (QED) is 0.623. The zero-order valence-electron chi connectivity index (χ0n) is 15.2. The van der Waals surface area contributed by atoms with Crippen LogP contribution in [0.2, 0.25) is 0 Å². The van der Waals surface area contributed by atoms with E-state index in [0.717, 1.165) is 6.07 Å². The minimum absolute atomic E-state index is 0.0936. The van der Waals surface area contributed by atoms with E-state index in [1.54, 1.807) is 28.9 Å². The van der Waals surface area contributed by atoms with Gasteiger partial charge in [-0.3, -0.25) is 0 Å². The minimum atomic E-state index is -4.55. The van der Waals surface area contributed by atoms with E-state index >= 15 is 0 Å². The molecular formula is C19H20F3N5O. The second kappa shape index (κ2) is 7.89. The maximum atomic E-state index is 13.4. The predicted molar refractivity (Wildman–Crippen MR) is 99.9 cm³/mol.